The molecular formula is C17H16O9. The van der Waals surface area contributed by atoms with Crippen LogP contribution in [0.15, 0.2) is 0 Å². The Morgan fingerprint density at radius 1 is 0.846 bits per heavy atom. The first-order valence-corrected chi connectivity index (χ1v) is 6.95. The van der Waals surface area contributed by atoms with Gasteiger partial charge in [-0.15, -0.1) is 19.3 Å². The zero-order valence-electron chi connectivity index (χ0n) is 13.9. The summed E-state index contributed by atoms with van der Waals surface area (Å²) in [5, 5.41) is 0. The topological polar surface area (TPSA) is 114 Å². The third-order valence-electron chi connectivity index (χ3n) is 2.59. The van der Waals surface area contributed by atoms with E-state index < -0.39 is 55.7 Å². The maximum atomic E-state index is 12.2. The zero-order chi connectivity index (χ0) is 19.9. The minimum absolute atomic E-state index is 0.366. The highest BCUT2D eigenvalue weighted by molar-refractivity contribution is 5.88. The van der Waals surface area contributed by atoms with Crippen molar-refractivity contribution < 1.29 is 42.9 Å². The summed E-state index contributed by atoms with van der Waals surface area (Å²) in [5.74, 6) is 1.23. The Labute approximate surface area is 150 Å². The molecular weight excluding hydrogens is 348 g/mol. The average Bonchev–Trinajstić information content (AvgIpc) is 2.64. The molecule has 0 spiro atoms. The summed E-state index contributed by atoms with van der Waals surface area (Å²) in [5.41, 5.74) is 0. The second-order valence-corrected chi connectivity index (χ2v) is 4.29. The maximum Gasteiger partial charge on any atom is 0.508 e. The van der Waals surface area contributed by atoms with Gasteiger partial charge in [0.15, 0.2) is 19.8 Å². The van der Waals surface area contributed by atoms with Gasteiger partial charge in [0, 0.05) is 0 Å². The summed E-state index contributed by atoms with van der Waals surface area (Å²) in [6.45, 7) is -1.28. The van der Waals surface area contributed by atoms with E-state index in [0.29, 0.717) is 0 Å². The molecule has 0 aliphatic carbocycles. The highest BCUT2D eigenvalue weighted by atomic mass is 16.7. The van der Waals surface area contributed by atoms with Crippen LogP contribution in [0.1, 0.15) is 6.42 Å². The van der Waals surface area contributed by atoms with Gasteiger partial charge in [-0.2, -0.15) is 0 Å². The molecule has 0 radical (unpaired) electrons. The first-order chi connectivity index (χ1) is 12.4. The van der Waals surface area contributed by atoms with E-state index in [9.17, 15) is 19.2 Å². The Kier molecular flexibility index (Phi) is 11.0. The Morgan fingerprint density at radius 3 is 1.85 bits per heavy atom. The fourth-order valence-electron chi connectivity index (χ4n) is 1.54. The number of carbonyl (C=O) groups excluding carboxylic acids is 4. The summed E-state index contributed by atoms with van der Waals surface area (Å²) >= 11 is 0. The largest absolute Gasteiger partial charge is 0.508 e. The lowest BCUT2D eigenvalue weighted by Crippen LogP contribution is -2.42. The molecule has 0 aromatic heterocycles. The minimum Gasteiger partial charge on any atom is -0.452 e. The quantitative estimate of drug-likeness (QED) is 0.308. The molecule has 9 heteroatoms. The third kappa shape index (κ3) is 8.28. The van der Waals surface area contributed by atoms with E-state index in [0.717, 1.165) is 7.11 Å². The molecule has 0 aromatic rings. The molecule has 0 fully saturated rings. The van der Waals surface area contributed by atoms with E-state index >= 15 is 0 Å². The molecule has 0 saturated heterocycles. The number of esters is 3. The van der Waals surface area contributed by atoms with Crippen LogP contribution in [-0.4, -0.2) is 57.1 Å². The van der Waals surface area contributed by atoms with Crippen molar-refractivity contribution in [3.63, 3.8) is 0 Å². The average molecular weight is 364 g/mol. The van der Waals surface area contributed by atoms with E-state index in [-0.39, 0.29) is 6.61 Å². The van der Waals surface area contributed by atoms with Gasteiger partial charge in [0.2, 0.25) is 6.10 Å². The van der Waals surface area contributed by atoms with Gasteiger partial charge in [0.25, 0.3) is 0 Å². The zero-order valence-corrected chi connectivity index (χ0v) is 13.9. The van der Waals surface area contributed by atoms with Crippen LogP contribution in [-0.2, 0) is 38.1 Å². The van der Waals surface area contributed by atoms with Gasteiger partial charge in [-0.1, -0.05) is 17.8 Å². The summed E-state index contributed by atoms with van der Waals surface area (Å²) < 4.78 is 23.0. The van der Waals surface area contributed by atoms with Gasteiger partial charge in [0.1, 0.15) is 5.92 Å². The minimum atomic E-state index is -1.89. The van der Waals surface area contributed by atoms with E-state index in [1.54, 1.807) is 0 Å². The summed E-state index contributed by atoms with van der Waals surface area (Å²) in [7, 11) is 0.971. The van der Waals surface area contributed by atoms with Crippen LogP contribution < -0.4 is 0 Å². The number of carbonyl (C=O) groups is 4. The molecule has 0 rings (SSSR count). The Morgan fingerprint density at radius 2 is 1.35 bits per heavy atom. The smallest absolute Gasteiger partial charge is 0.452 e. The fourth-order valence-corrected chi connectivity index (χ4v) is 1.54. The predicted molar refractivity (Wildman–Crippen MR) is 84.8 cm³/mol. The van der Waals surface area contributed by atoms with Gasteiger partial charge in [-0.05, 0) is 0 Å². The fraction of sp³-hybridized carbons (Fsp3) is 0.412. The van der Waals surface area contributed by atoms with Gasteiger partial charge in [-0.25, -0.2) is 9.59 Å². The van der Waals surface area contributed by atoms with Gasteiger partial charge >= 0.3 is 24.1 Å². The number of terminal acetylenes is 3. The SMILES string of the molecule is C#CCOC(=O)CC(C(=O)OCC#C)C(OC(=O)OC)C(=O)OCC#C. The Balaban J connectivity index is 5.54. The molecule has 2 unspecified atom stereocenters. The summed E-state index contributed by atoms with van der Waals surface area (Å²) in [6, 6.07) is 0. The van der Waals surface area contributed by atoms with E-state index in [4.69, 9.17) is 28.7 Å². The lowest BCUT2D eigenvalue weighted by atomic mass is 9.98. The molecule has 9 nitrogen and oxygen atoms in total. The van der Waals surface area contributed by atoms with Gasteiger partial charge in [-0.3, -0.25) is 9.59 Å². The normalized spacial score (nSPS) is 11.3. The maximum absolute atomic E-state index is 12.2. The van der Waals surface area contributed by atoms with Crippen LogP contribution in [0.5, 0.6) is 0 Å². The number of methoxy groups -OCH3 is 1. The molecule has 0 amide bonds. The molecule has 0 bridgehead atoms. The highest BCUT2D eigenvalue weighted by Gasteiger charge is 2.41. The van der Waals surface area contributed by atoms with E-state index in [1.807, 2.05) is 11.8 Å². The Hall–Kier alpha value is -3.64. The molecule has 0 aromatic carbocycles. The van der Waals surface area contributed by atoms with Crippen molar-refractivity contribution >= 4 is 24.1 Å². The van der Waals surface area contributed by atoms with Gasteiger partial charge in [0.05, 0.1) is 13.5 Å². The molecule has 0 N–H and O–H groups in total. The van der Waals surface area contributed by atoms with Crippen LogP contribution in [0.3, 0.4) is 0 Å². The number of hydrogen-bond acceptors (Lipinski definition) is 9. The molecule has 0 aliphatic heterocycles. The van der Waals surface area contributed by atoms with Crippen molar-refractivity contribution in [1.82, 2.24) is 0 Å². The first kappa shape index (κ1) is 22.4. The first-order valence-electron chi connectivity index (χ1n) is 6.95. The van der Waals surface area contributed by atoms with Crippen LogP contribution in [0.2, 0.25) is 0 Å². The van der Waals surface area contributed by atoms with Crippen molar-refractivity contribution in [1.29, 1.82) is 0 Å². The van der Waals surface area contributed by atoms with E-state index in [1.165, 1.54) is 0 Å². The van der Waals surface area contributed by atoms with Crippen LogP contribution in [0.25, 0.3) is 0 Å². The van der Waals surface area contributed by atoms with Crippen LogP contribution >= 0.6 is 0 Å². The number of ether oxygens (including phenoxy) is 5. The molecule has 2 atom stereocenters. The van der Waals surface area contributed by atoms with Crippen molar-refractivity contribution in [2.24, 2.45) is 5.92 Å². The van der Waals surface area contributed by atoms with Crippen molar-refractivity contribution in [3.8, 4) is 37.0 Å². The Bertz CT molecular complexity index is 645. The summed E-state index contributed by atoms with van der Waals surface area (Å²) in [4.78, 5) is 47.4. The van der Waals surface area contributed by atoms with Crippen LogP contribution in [0, 0.1) is 42.9 Å². The molecule has 138 valence electrons. The number of rotatable bonds is 9. The lowest BCUT2D eigenvalue weighted by molar-refractivity contribution is -0.169. The summed E-state index contributed by atoms with van der Waals surface area (Å²) in [6.07, 6.45) is 11.0. The molecule has 0 heterocycles. The number of hydrogen-bond donors (Lipinski definition) is 0. The van der Waals surface area contributed by atoms with Crippen molar-refractivity contribution in [3.05, 3.63) is 0 Å². The predicted octanol–water partition coefficient (Wildman–Crippen LogP) is -0.326. The molecule has 26 heavy (non-hydrogen) atoms. The lowest BCUT2D eigenvalue weighted by Gasteiger charge is -2.22. The monoisotopic (exact) mass is 364 g/mol. The second-order valence-electron chi connectivity index (χ2n) is 4.29. The highest BCUT2D eigenvalue weighted by Crippen LogP contribution is 2.18. The molecule has 0 aliphatic rings. The van der Waals surface area contributed by atoms with Gasteiger partial charge < -0.3 is 23.7 Å². The standard InChI is InChI=1S/C17H16O9/c1-5-8-23-13(18)11-12(15(19)24-9-6-2)14(26-17(21)22-4)16(20)25-10-7-3/h1-3,12,14H,8-11H2,4H3. The van der Waals surface area contributed by atoms with Crippen molar-refractivity contribution in [2.45, 2.75) is 12.5 Å². The van der Waals surface area contributed by atoms with Crippen molar-refractivity contribution in [2.75, 3.05) is 26.9 Å². The molecule has 0 saturated carbocycles. The second kappa shape index (κ2) is 12.7. The van der Waals surface area contributed by atoms with E-state index in [2.05, 4.69) is 20.1 Å². The van der Waals surface area contributed by atoms with Crippen LogP contribution in [0.4, 0.5) is 4.79 Å². The third-order valence-corrected chi connectivity index (χ3v) is 2.59.